The summed E-state index contributed by atoms with van der Waals surface area (Å²) in [5.41, 5.74) is 1.04. The van der Waals surface area contributed by atoms with Crippen molar-refractivity contribution in [1.82, 2.24) is 9.78 Å². The van der Waals surface area contributed by atoms with Crippen LogP contribution in [0.2, 0.25) is 0 Å². The van der Waals surface area contributed by atoms with Gasteiger partial charge in [0.15, 0.2) is 0 Å². The molecule has 0 aromatic carbocycles. The van der Waals surface area contributed by atoms with E-state index in [0.29, 0.717) is 0 Å². The molecule has 0 atom stereocenters. The van der Waals surface area contributed by atoms with Crippen LogP contribution >= 0.6 is 11.3 Å². The molecule has 0 spiro atoms. The second-order valence-corrected chi connectivity index (χ2v) is 3.64. The molecule has 0 aliphatic carbocycles. The normalized spacial score (nSPS) is 10.2. The Balaban J connectivity index is 2.28. The highest BCUT2D eigenvalue weighted by atomic mass is 32.1. The van der Waals surface area contributed by atoms with Crippen molar-refractivity contribution in [2.24, 2.45) is 0 Å². The molecule has 2 heterocycles. The minimum Gasteiger partial charge on any atom is -0.268 e. The maximum atomic E-state index is 4.40. The van der Waals surface area contributed by atoms with Gasteiger partial charge in [-0.25, -0.2) is 0 Å². The SMILES string of the molecule is C=CCn1ccc(-c2cccs2)n1. The largest absolute Gasteiger partial charge is 0.268 e. The van der Waals surface area contributed by atoms with E-state index in [2.05, 4.69) is 23.1 Å². The van der Waals surface area contributed by atoms with Crippen LogP contribution in [-0.4, -0.2) is 9.78 Å². The Morgan fingerprint density at radius 3 is 3.15 bits per heavy atom. The van der Waals surface area contributed by atoms with Crippen LogP contribution in [0.3, 0.4) is 0 Å². The topological polar surface area (TPSA) is 17.8 Å². The fourth-order valence-corrected chi connectivity index (χ4v) is 1.84. The van der Waals surface area contributed by atoms with E-state index >= 15 is 0 Å². The zero-order valence-electron chi connectivity index (χ0n) is 7.18. The summed E-state index contributed by atoms with van der Waals surface area (Å²) in [6, 6.07) is 6.13. The molecular formula is C10H10N2S. The van der Waals surface area contributed by atoms with Crippen molar-refractivity contribution < 1.29 is 0 Å². The van der Waals surface area contributed by atoms with E-state index in [9.17, 15) is 0 Å². The molecule has 0 aliphatic heterocycles. The molecule has 0 saturated carbocycles. The molecule has 0 amide bonds. The second-order valence-electron chi connectivity index (χ2n) is 2.69. The van der Waals surface area contributed by atoms with Crippen LogP contribution in [0.1, 0.15) is 0 Å². The van der Waals surface area contributed by atoms with Gasteiger partial charge in [0.25, 0.3) is 0 Å². The summed E-state index contributed by atoms with van der Waals surface area (Å²) in [6.07, 6.45) is 3.81. The number of aromatic nitrogens is 2. The fraction of sp³-hybridized carbons (Fsp3) is 0.100. The zero-order chi connectivity index (χ0) is 9.10. The van der Waals surface area contributed by atoms with E-state index in [0.717, 1.165) is 12.2 Å². The minimum absolute atomic E-state index is 0.769. The molecule has 0 saturated heterocycles. The molecule has 2 aromatic rings. The van der Waals surface area contributed by atoms with Crippen LogP contribution in [0.5, 0.6) is 0 Å². The van der Waals surface area contributed by atoms with Crippen molar-refractivity contribution >= 4 is 11.3 Å². The van der Waals surface area contributed by atoms with E-state index < -0.39 is 0 Å². The van der Waals surface area contributed by atoms with E-state index in [1.54, 1.807) is 11.3 Å². The maximum Gasteiger partial charge on any atom is 0.102 e. The van der Waals surface area contributed by atoms with Gasteiger partial charge < -0.3 is 0 Å². The van der Waals surface area contributed by atoms with Crippen molar-refractivity contribution in [2.75, 3.05) is 0 Å². The molecular weight excluding hydrogens is 180 g/mol. The summed E-state index contributed by atoms with van der Waals surface area (Å²) < 4.78 is 1.88. The average Bonchev–Trinajstić information content (AvgIpc) is 2.70. The average molecular weight is 190 g/mol. The smallest absolute Gasteiger partial charge is 0.102 e. The first-order chi connectivity index (χ1) is 6.40. The van der Waals surface area contributed by atoms with Gasteiger partial charge in [-0.1, -0.05) is 12.1 Å². The molecule has 66 valence electrons. The van der Waals surface area contributed by atoms with Gasteiger partial charge >= 0.3 is 0 Å². The molecule has 0 fully saturated rings. The predicted molar refractivity (Wildman–Crippen MR) is 55.7 cm³/mol. The number of allylic oxidation sites excluding steroid dienone is 1. The lowest BCUT2D eigenvalue weighted by atomic mass is 10.3. The molecule has 2 rings (SSSR count). The van der Waals surface area contributed by atoms with Crippen LogP contribution in [-0.2, 0) is 6.54 Å². The second kappa shape index (κ2) is 3.58. The van der Waals surface area contributed by atoms with Gasteiger partial charge in [-0.3, -0.25) is 4.68 Å². The van der Waals surface area contributed by atoms with E-state index in [1.165, 1.54) is 4.88 Å². The van der Waals surface area contributed by atoms with Gasteiger partial charge in [-0.05, 0) is 17.5 Å². The van der Waals surface area contributed by atoms with Crippen LogP contribution in [0.25, 0.3) is 10.6 Å². The highest BCUT2D eigenvalue weighted by molar-refractivity contribution is 7.13. The lowest BCUT2D eigenvalue weighted by Crippen LogP contribution is -1.94. The van der Waals surface area contributed by atoms with E-state index in [-0.39, 0.29) is 0 Å². The van der Waals surface area contributed by atoms with Crippen molar-refractivity contribution in [1.29, 1.82) is 0 Å². The quantitative estimate of drug-likeness (QED) is 0.680. The van der Waals surface area contributed by atoms with Gasteiger partial charge in [-0.15, -0.1) is 17.9 Å². The summed E-state index contributed by atoms with van der Waals surface area (Å²) in [6.45, 7) is 4.44. The fourth-order valence-electron chi connectivity index (χ4n) is 1.15. The Morgan fingerprint density at radius 1 is 1.54 bits per heavy atom. The molecule has 3 heteroatoms. The van der Waals surface area contributed by atoms with Crippen molar-refractivity contribution in [3.05, 3.63) is 42.4 Å². The lowest BCUT2D eigenvalue weighted by molar-refractivity contribution is 0.706. The third-order valence-electron chi connectivity index (χ3n) is 1.73. The first-order valence-corrected chi connectivity index (χ1v) is 4.96. The highest BCUT2D eigenvalue weighted by Gasteiger charge is 2.01. The molecule has 0 aliphatic rings. The Hall–Kier alpha value is -1.35. The molecule has 13 heavy (non-hydrogen) atoms. The standard InChI is InChI=1S/C10H10N2S/c1-2-6-12-7-5-9(11-12)10-4-3-8-13-10/h2-5,7-8H,1,6H2. The van der Waals surface area contributed by atoms with Crippen LogP contribution < -0.4 is 0 Å². The Bertz CT molecular complexity index is 387. The number of nitrogens with zero attached hydrogens (tertiary/aromatic N) is 2. The molecule has 2 nitrogen and oxygen atoms in total. The number of rotatable bonds is 3. The summed E-state index contributed by atoms with van der Waals surface area (Å²) in [4.78, 5) is 1.21. The zero-order valence-corrected chi connectivity index (χ0v) is 8.00. The summed E-state index contributed by atoms with van der Waals surface area (Å²) in [5, 5.41) is 6.46. The first-order valence-electron chi connectivity index (χ1n) is 4.08. The highest BCUT2D eigenvalue weighted by Crippen LogP contribution is 2.22. The van der Waals surface area contributed by atoms with Crippen LogP contribution in [0.4, 0.5) is 0 Å². The van der Waals surface area contributed by atoms with Crippen molar-refractivity contribution in [2.45, 2.75) is 6.54 Å². The third kappa shape index (κ3) is 1.70. The van der Waals surface area contributed by atoms with Crippen molar-refractivity contribution in [3.8, 4) is 10.6 Å². The van der Waals surface area contributed by atoms with Gasteiger partial charge in [0, 0.05) is 6.20 Å². The third-order valence-corrected chi connectivity index (χ3v) is 2.62. The monoisotopic (exact) mass is 190 g/mol. The molecule has 0 bridgehead atoms. The number of thiophene rings is 1. The van der Waals surface area contributed by atoms with Gasteiger partial charge in [0.1, 0.15) is 5.69 Å². The van der Waals surface area contributed by atoms with Crippen molar-refractivity contribution in [3.63, 3.8) is 0 Å². The number of hydrogen-bond acceptors (Lipinski definition) is 2. The Labute approximate surface area is 81.1 Å². The molecule has 0 N–H and O–H groups in total. The molecule has 2 aromatic heterocycles. The molecule has 0 unspecified atom stereocenters. The maximum absolute atomic E-state index is 4.40. The molecule has 0 radical (unpaired) electrons. The summed E-state index contributed by atoms with van der Waals surface area (Å²) in [7, 11) is 0. The van der Waals surface area contributed by atoms with E-state index in [1.807, 2.05) is 29.1 Å². The Kier molecular flexibility index (Phi) is 2.27. The summed E-state index contributed by atoms with van der Waals surface area (Å²) >= 11 is 1.71. The van der Waals surface area contributed by atoms with Gasteiger partial charge in [-0.2, -0.15) is 5.10 Å². The Morgan fingerprint density at radius 2 is 2.46 bits per heavy atom. The minimum atomic E-state index is 0.769. The van der Waals surface area contributed by atoms with Crippen LogP contribution in [0, 0.1) is 0 Å². The summed E-state index contributed by atoms with van der Waals surface area (Å²) in [5.74, 6) is 0. The van der Waals surface area contributed by atoms with Gasteiger partial charge in [0.2, 0.25) is 0 Å². The van der Waals surface area contributed by atoms with Gasteiger partial charge in [0.05, 0.1) is 11.4 Å². The van der Waals surface area contributed by atoms with Crippen LogP contribution in [0.15, 0.2) is 42.4 Å². The number of hydrogen-bond donors (Lipinski definition) is 0. The van der Waals surface area contributed by atoms with E-state index in [4.69, 9.17) is 0 Å². The first kappa shape index (κ1) is 8.26. The predicted octanol–water partition coefficient (Wildman–Crippen LogP) is 2.80. The lowest BCUT2D eigenvalue weighted by Gasteiger charge is -1.92.